The van der Waals surface area contributed by atoms with E-state index in [0.29, 0.717) is 6.61 Å². The summed E-state index contributed by atoms with van der Waals surface area (Å²) in [5.41, 5.74) is 1.35. The van der Waals surface area contributed by atoms with Gasteiger partial charge in [-0.1, -0.05) is 19.1 Å². The minimum Gasteiger partial charge on any atom is -0.492 e. The molecule has 1 aromatic carbocycles. The van der Waals surface area contributed by atoms with Gasteiger partial charge in [-0.25, -0.2) is 0 Å². The first kappa shape index (κ1) is 10.8. The van der Waals surface area contributed by atoms with E-state index in [4.69, 9.17) is 4.74 Å². The van der Waals surface area contributed by atoms with Gasteiger partial charge >= 0.3 is 0 Å². The molecule has 2 heteroatoms. The van der Waals surface area contributed by atoms with Crippen molar-refractivity contribution in [3.8, 4) is 5.75 Å². The number of benzene rings is 1. The molecule has 0 unspecified atom stereocenters. The second-order valence-electron chi connectivity index (χ2n) is 3.77. The monoisotopic (exact) mass is 215 g/mol. The number of aryl methyl sites for hydroxylation is 1. The lowest BCUT2D eigenvalue weighted by Gasteiger charge is -2.07. The number of aromatic nitrogens is 1. The lowest BCUT2D eigenvalue weighted by Crippen LogP contribution is -2.06. The van der Waals surface area contributed by atoms with Crippen LogP contribution < -0.4 is 4.74 Å². The summed E-state index contributed by atoms with van der Waals surface area (Å²) in [5.74, 6) is 0.948. The van der Waals surface area contributed by atoms with Gasteiger partial charge < -0.3 is 9.30 Å². The fourth-order valence-corrected chi connectivity index (χ4v) is 1.61. The molecule has 0 atom stereocenters. The third-order valence-electron chi connectivity index (χ3n) is 2.62. The zero-order valence-corrected chi connectivity index (χ0v) is 9.60. The van der Waals surface area contributed by atoms with Crippen molar-refractivity contribution >= 4 is 0 Å². The molecule has 16 heavy (non-hydrogen) atoms. The smallest absolute Gasteiger partial charge is 0.119 e. The minimum absolute atomic E-state index is 0.708. The first-order valence-electron chi connectivity index (χ1n) is 5.71. The van der Waals surface area contributed by atoms with E-state index in [0.717, 1.165) is 18.7 Å². The van der Waals surface area contributed by atoms with Crippen LogP contribution in [0, 0.1) is 0 Å². The van der Waals surface area contributed by atoms with E-state index in [1.807, 2.05) is 36.7 Å². The lowest BCUT2D eigenvalue weighted by molar-refractivity contribution is 0.298. The van der Waals surface area contributed by atoms with Crippen molar-refractivity contribution in [2.75, 3.05) is 6.61 Å². The highest BCUT2D eigenvalue weighted by atomic mass is 16.5. The van der Waals surface area contributed by atoms with Gasteiger partial charge in [0.2, 0.25) is 0 Å². The van der Waals surface area contributed by atoms with Crippen molar-refractivity contribution < 1.29 is 4.74 Å². The third kappa shape index (κ3) is 2.89. The summed E-state index contributed by atoms with van der Waals surface area (Å²) in [7, 11) is 0. The molecule has 1 heterocycles. The molecule has 0 aliphatic heterocycles. The van der Waals surface area contributed by atoms with Crippen molar-refractivity contribution in [2.45, 2.75) is 19.9 Å². The van der Waals surface area contributed by atoms with Gasteiger partial charge in [-0.15, -0.1) is 0 Å². The molecule has 0 aliphatic carbocycles. The summed E-state index contributed by atoms with van der Waals surface area (Å²) in [6.07, 6.45) is 5.16. The molecule has 0 spiro atoms. The Balaban J connectivity index is 1.81. The molecule has 0 bridgehead atoms. The van der Waals surface area contributed by atoms with Crippen molar-refractivity contribution in [3.63, 3.8) is 0 Å². The molecule has 84 valence electrons. The second-order valence-corrected chi connectivity index (χ2v) is 3.77. The van der Waals surface area contributed by atoms with Gasteiger partial charge in [-0.2, -0.15) is 0 Å². The molecule has 0 amide bonds. The van der Waals surface area contributed by atoms with Gasteiger partial charge in [-0.05, 0) is 36.2 Å². The fraction of sp³-hybridized carbons (Fsp3) is 0.286. The van der Waals surface area contributed by atoms with Crippen LogP contribution in [-0.4, -0.2) is 11.2 Å². The molecule has 0 radical (unpaired) electrons. The zero-order chi connectivity index (χ0) is 11.2. The highest BCUT2D eigenvalue weighted by Gasteiger charge is 1.94. The van der Waals surface area contributed by atoms with Crippen LogP contribution in [0.2, 0.25) is 0 Å². The Hall–Kier alpha value is -1.70. The van der Waals surface area contributed by atoms with Gasteiger partial charge in [0.25, 0.3) is 0 Å². The number of ether oxygens (including phenoxy) is 1. The molecule has 0 saturated carbocycles. The Morgan fingerprint density at radius 2 is 1.75 bits per heavy atom. The summed E-state index contributed by atoms with van der Waals surface area (Å²) < 4.78 is 7.77. The van der Waals surface area contributed by atoms with E-state index in [1.54, 1.807) is 0 Å². The van der Waals surface area contributed by atoms with E-state index >= 15 is 0 Å². The SMILES string of the molecule is CCc1ccc(OCCn2cccc2)cc1. The molecule has 1 aromatic heterocycles. The quantitative estimate of drug-likeness (QED) is 0.747. The molecule has 0 N–H and O–H groups in total. The maximum Gasteiger partial charge on any atom is 0.119 e. The van der Waals surface area contributed by atoms with Crippen LogP contribution in [0.15, 0.2) is 48.8 Å². The standard InChI is InChI=1S/C14H17NO/c1-2-13-5-7-14(8-6-13)16-12-11-15-9-3-4-10-15/h3-10H,2,11-12H2,1H3. The summed E-state index contributed by atoms with van der Waals surface area (Å²) in [4.78, 5) is 0. The third-order valence-corrected chi connectivity index (χ3v) is 2.62. The Bertz CT molecular complexity index is 403. The van der Waals surface area contributed by atoms with Gasteiger partial charge in [0, 0.05) is 12.4 Å². The van der Waals surface area contributed by atoms with Crippen molar-refractivity contribution in [2.24, 2.45) is 0 Å². The predicted molar refractivity (Wildman–Crippen MR) is 65.7 cm³/mol. The van der Waals surface area contributed by atoms with Crippen LogP contribution in [0.3, 0.4) is 0 Å². The molecule has 2 rings (SSSR count). The molecule has 0 fully saturated rings. The zero-order valence-electron chi connectivity index (χ0n) is 9.60. The maximum absolute atomic E-state index is 5.66. The molecular weight excluding hydrogens is 198 g/mol. The van der Waals surface area contributed by atoms with Crippen LogP contribution in [0.25, 0.3) is 0 Å². The molecule has 0 aliphatic rings. The number of rotatable bonds is 5. The summed E-state index contributed by atoms with van der Waals surface area (Å²) >= 11 is 0. The summed E-state index contributed by atoms with van der Waals surface area (Å²) in [6.45, 7) is 3.75. The highest BCUT2D eigenvalue weighted by Crippen LogP contribution is 2.12. The van der Waals surface area contributed by atoms with E-state index in [-0.39, 0.29) is 0 Å². The van der Waals surface area contributed by atoms with Crippen LogP contribution in [0.4, 0.5) is 0 Å². The Morgan fingerprint density at radius 3 is 2.38 bits per heavy atom. The number of hydrogen-bond acceptors (Lipinski definition) is 1. The molecular formula is C14H17NO. The molecule has 2 aromatic rings. The van der Waals surface area contributed by atoms with E-state index in [9.17, 15) is 0 Å². The van der Waals surface area contributed by atoms with Gasteiger partial charge in [0.05, 0.1) is 6.54 Å². The average Bonchev–Trinajstić information content (AvgIpc) is 2.83. The molecule has 2 nitrogen and oxygen atoms in total. The van der Waals surface area contributed by atoms with Gasteiger partial charge in [0.15, 0.2) is 0 Å². The van der Waals surface area contributed by atoms with E-state index in [2.05, 4.69) is 23.6 Å². The Kier molecular flexibility index (Phi) is 3.65. The average molecular weight is 215 g/mol. The van der Waals surface area contributed by atoms with Gasteiger partial charge in [0.1, 0.15) is 12.4 Å². The Labute approximate surface area is 96.5 Å². The van der Waals surface area contributed by atoms with Crippen molar-refractivity contribution in [1.82, 2.24) is 4.57 Å². The lowest BCUT2D eigenvalue weighted by atomic mass is 10.2. The highest BCUT2D eigenvalue weighted by molar-refractivity contribution is 5.27. The second kappa shape index (κ2) is 5.40. The normalized spacial score (nSPS) is 10.3. The van der Waals surface area contributed by atoms with Crippen LogP contribution in [-0.2, 0) is 13.0 Å². The predicted octanol–water partition coefficient (Wildman–Crippen LogP) is 3.13. The number of hydrogen-bond donors (Lipinski definition) is 0. The summed E-state index contributed by atoms with van der Waals surface area (Å²) in [6, 6.07) is 12.4. The minimum atomic E-state index is 0.708. The van der Waals surface area contributed by atoms with E-state index in [1.165, 1.54) is 5.56 Å². The summed E-state index contributed by atoms with van der Waals surface area (Å²) in [5, 5.41) is 0. The largest absolute Gasteiger partial charge is 0.492 e. The first-order valence-corrected chi connectivity index (χ1v) is 5.71. The van der Waals surface area contributed by atoms with Crippen LogP contribution >= 0.6 is 0 Å². The molecule has 0 saturated heterocycles. The van der Waals surface area contributed by atoms with Gasteiger partial charge in [-0.3, -0.25) is 0 Å². The fourth-order valence-electron chi connectivity index (χ4n) is 1.61. The van der Waals surface area contributed by atoms with E-state index < -0.39 is 0 Å². The van der Waals surface area contributed by atoms with Crippen molar-refractivity contribution in [3.05, 3.63) is 54.4 Å². The van der Waals surface area contributed by atoms with Crippen LogP contribution in [0.5, 0.6) is 5.75 Å². The van der Waals surface area contributed by atoms with Crippen molar-refractivity contribution in [1.29, 1.82) is 0 Å². The van der Waals surface area contributed by atoms with Crippen LogP contribution in [0.1, 0.15) is 12.5 Å². The Morgan fingerprint density at radius 1 is 1.06 bits per heavy atom. The maximum atomic E-state index is 5.66. The number of nitrogens with zero attached hydrogens (tertiary/aromatic N) is 1. The topological polar surface area (TPSA) is 14.2 Å². The first-order chi connectivity index (χ1) is 7.88.